The third kappa shape index (κ3) is 3.35. The molecule has 0 atom stereocenters. The van der Waals surface area contributed by atoms with Crippen LogP contribution < -0.4 is 4.90 Å². The molecule has 1 aromatic heterocycles. The molecule has 0 fully saturated rings. The number of aryl methyl sites for hydroxylation is 2. The van der Waals surface area contributed by atoms with Gasteiger partial charge in [0.1, 0.15) is 0 Å². The summed E-state index contributed by atoms with van der Waals surface area (Å²) in [6, 6.07) is 3.57. The van der Waals surface area contributed by atoms with Crippen molar-refractivity contribution in [2.75, 3.05) is 11.4 Å². The van der Waals surface area contributed by atoms with Gasteiger partial charge in [-0.2, -0.15) is 13.2 Å². The Labute approximate surface area is 130 Å². The minimum atomic E-state index is -4.37. The number of hydrogen-bond acceptors (Lipinski definition) is 3. The summed E-state index contributed by atoms with van der Waals surface area (Å²) in [5.41, 5.74) is 0.473. The molecular weight excluding hydrogens is 309 g/mol. The second-order valence-corrected chi connectivity index (χ2v) is 5.41. The number of alkyl halides is 3. The van der Waals surface area contributed by atoms with E-state index in [2.05, 4.69) is 10.3 Å². The molecule has 23 heavy (non-hydrogen) atoms. The number of anilines is 1. The Balaban J connectivity index is 1.77. The zero-order chi connectivity index (χ0) is 16.4. The van der Waals surface area contributed by atoms with Crippen molar-refractivity contribution in [3.05, 3.63) is 41.7 Å². The van der Waals surface area contributed by atoms with Gasteiger partial charge in [0.25, 0.3) is 0 Å². The van der Waals surface area contributed by atoms with Crippen LogP contribution in [0.1, 0.15) is 24.0 Å². The lowest BCUT2D eigenvalue weighted by Gasteiger charge is -2.30. The van der Waals surface area contributed by atoms with Crippen molar-refractivity contribution in [1.29, 1.82) is 0 Å². The Bertz CT molecular complexity index is 697. The number of aromatic nitrogens is 3. The highest BCUT2D eigenvalue weighted by Gasteiger charge is 2.32. The van der Waals surface area contributed by atoms with Crippen LogP contribution in [0.5, 0.6) is 0 Å². The zero-order valence-corrected chi connectivity index (χ0v) is 12.3. The van der Waals surface area contributed by atoms with Crippen LogP contribution in [0.2, 0.25) is 0 Å². The minimum Gasteiger partial charge on any atom is -0.312 e. The summed E-state index contributed by atoms with van der Waals surface area (Å²) in [5.74, 6) is -0.124. The largest absolute Gasteiger partial charge is 0.416 e. The first-order valence-corrected chi connectivity index (χ1v) is 7.30. The fourth-order valence-corrected chi connectivity index (χ4v) is 2.73. The van der Waals surface area contributed by atoms with E-state index < -0.39 is 11.7 Å². The lowest BCUT2D eigenvalue weighted by atomic mass is 9.98. The summed E-state index contributed by atoms with van der Waals surface area (Å²) in [4.78, 5) is 13.9. The molecule has 2 heterocycles. The van der Waals surface area contributed by atoms with Crippen LogP contribution in [0.3, 0.4) is 0 Å². The van der Waals surface area contributed by atoms with E-state index in [-0.39, 0.29) is 12.3 Å². The zero-order valence-electron chi connectivity index (χ0n) is 12.3. The van der Waals surface area contributed by atoms with Crippen molar-refractivity contribution in [2.24, 2.45) is 0 Å². The van der Waals surface area contributed by atoms with Gasteiger partial charge in [-0.1, -0.05) is 5.21 Å². The van der Waals surface area contributed by atoms with E-state index in [0.29, 0.717) is 37.2 Å². The molecule has 1 aromatic carbocycles. The van der Waals surface area contributed by atoms with E-state index in [9.17, 15) is 18.0 Å². The van der Waals surface area contributed by atoms with Crippen molar-refractivity contribution >= 4 is 11.6 Å². The number of halogens is 3. The van der Waals surface area contributed by atoms with E-state index in [1.54, 1.807) is 15.8 Å². The van der Waals surface area contributed by atoms with Crippen molar-refractivity contribution in [3.8, 4) is 0 Å². The van der Waals surface area contributed by atoms with Crippen LogP contribution in [-0.2, 0) is 23.9 Å². The fraction of sp³-hybridized carbons (Fsp3) is 0.400. The van der Waals surface area contributed by atoms with Gasteiger partial charge in [-0.15, -0.1) is 5.10 Å². The third-order valence-electron chi connectivity index (χ3n) is 3.85. The maximum absolute atomic E-state index is 12.8. The first kappa shape index (κ1) is 15.5. The Morgan fingerprint density at radius 2 is 2.13 bits per heavy atom. The molecule has 0 aliphatic carbocycles. The average molecular weight is 324 g/mol. The van der Waals surface area contributed by atoms with Gasteiger partial charge >= 0.3 is 6.18 Å². The van der Waals surface area contributed by atoms with Gasteiger partial charge in [0.2, 0.25) is 5.91 Å². The molecule has 1 aliphatic rings. The quantitative estimate of drug-likeness (QED) is 0.872. The molecule has 1 aliphatic heterocycles. The van der Waals surface area contributed by atoms with E-state index in [4.69, 9.17) is 0 Å². The van der Waals surface area contributed by atoms with E-state index in [1.165, 1.54) is 12.3 Å². The molecule has 0 saturated carbocycles. The molecule has 8 heteroatoms. The lowest BCUT2D eigenvalue weighted by Crippen LogP contribution is -2.36. The molecule has 5 nitrogen and oxygen atoms in total. The number of nitrogens with zero attached hydrogens (tertiary/aromatic N) is 4. The number of carbonyl (C=O) groups excluding carboxylic acids is 1. The highest BCUT2D eigenvalue weighted by molar-refractivity contribution is 5.94. The molecular formula is C15H15F3N4O. The Morgan fingerprint density at radius 3 is 2.83 bits per heavy atom. The summed E-state index contributed by atoms with van der Waals surface area (Å²) in [7, 11) is 0. The van der Waals surface area contributed by atoms with Crippen LogP contribution in [0, 0.1) is 0 Å². The van der Waals surface area contributed by atoms with Crippen molar-refractivity contribution in [3.63, 3.8) is 0 Å². The number of benzene rings is 1. The molecule has 1 amide bonds. The standard InChI is InChI=1S/C15H15F3N4O/c16-15(17,18)12-3-4-13-11(10-12)2-1-7-22(13)14(23)5-8-21-9-6-19-20-21/h3-4,6,9-10H,1-2,5,7-8H2. The minimum absolute atomic E-state index is 0.124. The van der Waals surface area contributed by atoms with E-state index in [1.807, 2.05) is 0 Å². The van der Waals surface area contributed by atoms with Crippen molar-refractivity contribution in [2.45, 2.75) is 32.0 Å². The topological polar surface area (TPSA) is 51.0 Å². The maximum atomic E-state index is 12.8. The SMILES string of the molecule is O=C(CCn1ccnn1)N1CCCc2cc(C(F)(F)F)ccc21. The highest BCUT2D eigenvalue weighted by atomic mass is 19.4. The Hall–Kier alpha value is -2.38. The van der Waals surface area contributed by atoms with Crippen molar-refractivity contribution < 1.29 is 18.0 Å². The molecule has 0 unspecified atom stereocenters. The predicted octanol–water partition coefficient (Wildman–Crippen LogP) is 2.67. The monoisotopic (exact) mass is 324 g/mol. The maximum Gasteiger partial charge on any atom is 0.416 e. The van der Waals surface area contributed by atoms with Gasteiger partial charge in [0.15, 0.2) is 0 Å². The molecule has 0 N–H and O–H groups in total. The summed E-state index contributed by atoms with van der Waals surface area (Å²) in [6.07, 6.45) is 0.250. The van der Waals surface area contributed by atoms with Gasteiger partial charge in [-0.25, -0.2) is 0 Å². The molecule has 0 spiro atoms. The molecule has 122 valence electrons. The van der Waals surface area contributed by atoms with Gasteiger partial charge in [0.05, 0.1) is 18.3 Å². The highest BCUT2D eigenvalue weighted by Crippen LogP contribution is 2.35. The van der Waals surface area contributed by atoms with Crippen LogP contribution in [-0.4, -0.2) is 27.4 Å². The molecule has 2 aromatic rings. The Morgan fingerprint density at radius 1 is 1.30 bits per heavy atom. The number of hydrogen-bond donors (Lipinski definition) is 0. The third-order valence-corrected chi connectivity index (χ3v) is 3.85. The second-order valence-electron chi connectivity index (χ2n) is 5.41. The van der Waals surface area contributed by atoms with Crippen molar-refractivity contribution in [1.82, 2.24) is 15.0 Å². The summed E-state index contributed by atoms with van der Waals surface area (Å²) >= 11 is 0. The smallest absolute Gasteiger partial charge is 0.312 e. The van der Waals surface area contributed by atoms with Gasteiger partial charge in [0, 0.05) is 24.8 Å². The van der Waals surface area contributed by atoms with Crippen LogP contribution in [0.4, 0.5) is 18.9 Å². The van der Waals surface area contributed by atoms with Gasteiger partial charge < -0.3 is 4.90 Å². The van der Waals surface area contributed by atoms with Gasteiger partial charge in [-0.3, -0.25) is 9.48 Å². The first-order chi connectivity index (χ1) is 10.9. The molecule has 0 saturated heterocycles. The molecule has 0 radical (unpaired) electrons. The number of fused-ring (bicyclic) bond motifs is 1. The number of carbonyl (C=O) groups is 1. The summed E-state index contributed by atoms with van der Waals surface area (Å²) in [6.45, 7) is 0.917. The second kappa shape index (κ2) is 6.02. The van der Waals surface area contributed by atoms with E-state index >= 15 is 0 Å². The number of rotatable bonds is 3. The Kier molecular flexibility index (Phi) is 4.06. The fourth-order valence-electron chi connectivity index (χ4n) is 2.73. The molecule has 3 rings (SSSR count). The number of amides is 1. The summed E-state index contributed by atoms with van der Waals surface area (Å²) < 4.78 is 39.9. The summed E-state index contributed by atoms with van der Waals surface area (Å²) in [5, 5.41) is 7.45. The first-order valence-electron chi connectivity index (χ1n) is 7.30. The van der Waals surface area contributed by atoms with Gasteiger partial charge in [-0.05, 0) is 36.6 Å². The predicted molar refractivity (Wildman–Crippen MR) is 76.8 cm³/mol. The molecule has 0 bridgehead atoms. The van der Waals surface area contributed by atoms with E-state index in [0.717, 1.165) is 12.1 Å². The normalized spacial score (nSPS) is 14.7. The average Bonchev–Trinajstić information content (AvgIpc) is 3.04. The van der Waals surface area contributed by atoms with Crippen LogP contribution in [0.25, 0.3) is 0 Å². The van der Waals surface area contributed by atoms with Crippen LogP contribution >= 0.6 is 0 Å². The van der Waals surface area contributed by atoms with Crippen LogP contribution in [0.15, 0.2) is 30.6 Å². The lowest BCUT2D eigenvalue weighted by molar-refractivity contribution is -0.137.